The molecule has 3 rings (SSSR count). The van der Waals surface area contributed by atoms with Crippen LogP contribution in [0.4, 0.5) is 0 Å². The van der Waals surface area contributed by atoms with Crippen LogP contribution in [-0.4, -0.2) is 36.0 Å². The van der Waals surface area contributed by atoms with Crippen LogP contribution in [0, 0.1) is 0 Å². The number of hydrogen-bond donors (Lipinski definition) is 2. The first kappa shape index (κ1) is 16.0. The van der Waals surface area contributed by atoms with Crippen LogP contribution >= 0.6 is 0 Å². The Hall–Kier alpha value is -2.83. The maximum Gasteiger partial charge on any atom is 0.292 e. The quantitative estimate of drug-likeness (QED) is 0.627. The van der Waals surface area contributed by atoms with Gasteiger partial charge in [-0.25, -0.2) is 5.43 Å². The summed E-state index contributed by atoms with van der Waals surface area (Å²) >= 11 is 0. The number of nitrogens with one attached hydrogen (secondary N) is 2. The van der Waals surface area contributed by atoms with Gasteiger partial charge in [-0.15, -0.1) is 0 Å². The minimum absolute atomic E-state index is 0.302. The van der Waals surface area contributed by atoms with Crippen LogP contribution in [-0.2, 0) is 12.8 Å². The SMILES string of the molecule is CCOc1ccc(C=NNC(=O)c2n[nH]c3c2CCC3)cc1OC. The van der Waals surface area contributed by atoms with Gasteiger partial charge >= 0.3 is 0 Å². The van der Waals surface area contributed by atoms with Crippen molar-refractivity contribution in [3.8, 4) is 11.5 Å². The second kappa shape index (κ2) is 7.16. The van der Waals surface area contributed by atoms with Gasteiger partial charge in [-0.3, -0.25) is 9.89 Å². The predicted molar refractivity (Wildman–Crippen MR) is 89.8 cm³/mol. The maximum absolute atomic E-state index is 12.2. The average Bonchev–Trinajstić information content (AvgIpc) is 3.19. The summed E-state index contributed by atoms with van der Waals surface area (Å²) in [5.74, 6) is 0.995. The van der Waals surface area contributed by atoms with Gasteiger partial charge in [0, 0.05) is 11.3 Å². The van der Waals surface area contributed by atoms with Crippen LogP contribution in [0.2, 0.25) is 0 Å². The zero-order valence-electron chi connectivity index (χ0n) is 13.8. The van der Waals surface area contributed by atoms with E-state index in [0.717, 1.165) is 36.1 Å². The van der Waals surface area contributed by atoms with Crippen molar-refractivity contribution in [1.82, 2.24) is 15.6 Å². The number of carbonyl (C=O) groups excluding carboxylic acids is 1. The van der Waals surface area contributed by atoms with E-state index >= 15 is 0 Å². The molecule has 1 aromatic heterocycles. The average molecular weight is 328 g/mol. The van der Waals surface area contributed by atoms with Crippen molar-refractivity contribution in [2.24, 2.45) is 5.10 Å². The minimum atomic E-state index is -0.302. The van der Waals surface area contributed by atoms with E-state index in [1.807, 2.05) is 19.1 Å². The number of nitrogens with zero attached hydrogens (tertiary/aromatic N) is 2. The fourth-order valence-electron chi connectivity index (χ4n) is 2.76. The van der Waals surface area contributed by atoms with Gasteiger partial charge in [0.1, 0.15) is 0 Å². The van der Waals surface area contributed by atoms with Gasteiger partial charge in [-0.2, -0.15) is 10.2 Å². The molecule has 2 aromatic rings. The minimum Gasteiger partial charge on any atom is -0.493 e. The Morgan fingerprint density at radius 1 is 1.42 bits per heavy atom. The molecule has 0 spiro atoms. The summed E-state index contributed by atoms with van der Waals surface area (Å²) in [4.78, 5) is 12.2. The van der Waals surface area contributed by atoms with Crippen LogP contribution in [0.1, 0.15) is 40.7 Å². The van der Waals surface area contributed by atoms with Gasteiger partial charge in [0.05, 0.1) is 19.9 Å². The highest BCUT2D eigenvalue weighted by atomic mass is 16.5. The van der Waals surface area contributed by atoms with Crippen LogP contribution < -0.4 is 14.9 Å². The zero-order chi connectivity index (χ0) is 16.9. The van der Waals surface area contributed by atoms with E-state index < -0.39 is 0 Å². The van der Waals surface area contributed by atoms with Crippen LogP contribution in [0.25, 0.3) is 0 Å². The molecule has 0 fully saturated rings. The number of amides is 1. The molecule has 1 aliphatic carbocycles. The number of ether oxygens (including phenoxy) is 2. The lowest BCUT2D eigenvalue weighted by atomic mass is 10.2. The molecule has 0 saturated carbocycles. The van der Waals surface area contributed by atoms with Crippen molar-refractivity contribution >= 4 is 12.1 Å². The van der Waals surface area contributed by atoms with Crippen molar-refractivity contribution in [1.29, 1.82) is 0 Å². The molecule has 1 heterocycles. The first-order valence-electron chi connectivity index (χ1n) is 7.93. The van der Waals surface area contributed by atoms with Gasteiger partial charge in [0.2, 0.25) is 0 Å². The molecule has 0 bridgehead atoms. The molecular formula is C17H20N4O3. The number of fused-ring (bicyclic) bond motifs is 1. The van der Waals surface area contributed by atoms with Crippen molar-refractivity contribution in [2.75, 3.05) is 13.7 Å². The molecular weight excluding hydrogens is 308 g/mol. The zero-order valence-corrected chi connectivity index (χ0v) is 13.8. The normalized spacial score (nSPS) is 13.1. The molecule has 1 aliphatic rings. The number of methoxy groups -OCH3 is 1. The summed E-state index contributed by atoms with van der Waals surface area (Å²) in [6, 6.07) is 5.45. The Kier molecular flexibility index (Phi) is 4.79. The highest BCUT2D eigenvalue weighted by molar-refractivity contribution is 5.94. The first-order valence-corrected chi connectivity index (χ1v) is 7.93. The van der Waals surface area contributed by atoms with Crippen LogP contribution in [0.5, 0.6) is 11.5 Å². The Balaban J connectivity index is 1.66. The first-order chi connectivity index (χ1) is 11.7. The van der Waals surface area contributed by atoms with Crippen molar-refractivity contribution in [3.05, 3.63) is 40.7 Å². The topological polar surface area (TPSA) is 88.6 Å². The lowest BCUT2D eigenvalue weighted by molar-refractivity contribution is 0.0949. The maximum atomic E-state index is 12.2. The molecule has 0 atom stereocenters. The molecule has 24 heavy (non-hydrogen) atoms. The Morgan fingerprint density at radius 2 is 2.29 bits per heavy atom. The summed E-state index contributed by atoms with van der Waals surface area (Å²) < 4.78 is 10.8. The molecule has 0 radical (unpaired) electrons. The van der Waals surface area contributed by atoms with E-state index in [-0.39, 0.29) is 5.91 Å². The van der Waals surface area contributed by atoms with Crippen LogP contribution in [0.3, 0.4) is 0 Å². The fourth-order valence-corrected chi connectivity index (χ4v) is 2.76. The third-order valence-corrected chi connectivity index (χ3v) is 3.89. The van der Waals surface area contributed by atoms with Crippen molar-refractivity contribution < 1.29 is 14.3 Å². The fraction of sp³-hybridized carbons (Fsp3) is 0.353. The van der Waals surface area contributed by atoms with E-state index in [1.165, 1.54) is 0 Å². The number of hydrazone groups is 1. The van der Waals surface area contributed by atoms with Gasteiger partial charge in [0.15, 0.2) is 17.2 Å². The second-order valence-corrected chi connectivity index (χ2v) is 5.43. The molecule has 0 aliphatic heterocycles. The summed E-state index contributed by atoms with van der Waals surface area (Å²) in [7, 11) is 1.58. The van der Waals surface area contributed by atoms with E-state index in [2.05, 4.69) is 20.7 Å². The molecule has 2 N–H and O–H groups in total. The van der Waals surface area contributed by atoms with Gasteiger partial charge in [0.25, 0.3) is 5.91 Å². The molecule has 1 aromatic carbocycles. The standard InChI is InChI=1S/C17H20N4O3/c1-3-24-14-8-7-11(9-15(14)23-2)10-18-21-17(22)16-12-5-4-6-13(12)19-20-16/h7-10H,3-6H2,1-2H3,(H,19,20)(H,21,22). The number of aryl methyl sites for hydroxylation is 1. The summed E-state index contributed by atoms with van der Waals surface area (Å²) in [6.07, 6.45) is 4.45. The number of H-pyrrole nitrogens is 1. The number of rotatable bonds is 6. The molecule has 0 unspecified atom stereocenters. The van der Waals surface area contributed by atoms with E-state index in [4.69, 9.17) is 9.47 Å². The highest BCUT2D eigenvalue weighted by Gasteiger charge is 2.22. The van der Waals surface area contributed by atoms with Crippen molar-refractivity contribution in [3.63, 3.8) is 0 Å². The number of hydrogen-bond acceptors (Lipinski definition) is 5. The molecule has 126 valence electrons. The third-order valence-electron chi connectivity index (χ3n) is 3.89. The summed E-state index contributed by atoms with van der Waals surface area (Å²) in [5, 5.41) is 11.0. The Morgan fingerprint density at radius 3 is 3.08 bits per heavy atom. The smallest absolute Gasteiger partial charge is 0.292 e. The van der Waals surface area contributed by atoms with Crippen molar-refractivity contribution in [2.45, 2.75) is 26.2 Å². The summed E-state index contributed by atoms with van der Waals surface area (Å²) in [5.41, 5.74) is 5.81. The largest absolute Gasteiger partial charge is 0.493 e. The lowest BCUT2D eigenvalue weighted by Crippen LogP contribution is -2.19. The number of aromatic nitrogens is 2. The molecule has 7 heteroatoms. The number of carbonyl (C=O) groups is 1. The monoisotopic (exact) mass is 328 g/mol. The highest BCUT2D eigenvalue weighted by Crippen LogP contribution is 2.27. The second-order valence-electron chi connectivity index (χ2n) is 5.43. The Labute approximate surface area is 140 Å². The molecule has 0 saturated heterocycles. The summed E-state index contributed by atoms with van der Waals surface area (Å²) in [6.45, 7) is 2.48. The number of benzene rings is 1. The third kappa shape index (κ3) is 3.24. The predicted octanol–water partition coefficient (Wildman–Crippen LogP) is 2.07. The van der Waals surface area contributed by atoms with Gasteiger partial charge < -0.3 is 9.47 Å². The van der Waals surface area contributed by atoms with E-state index in [1.54, 1.807) is 19.4 Å². The van der Waals surface area contributed by atoms with Crippen LogP contribution in [0.15, 0.2) is 23.3 Å². The lowest BCUT2D eigenvalue weighted by Gasteiger charge is -2.09. The van der Waals surface area contributed by atoms with E-state index in [0.29, 0.717) is 23.8 Å². The molecule has 7 nitrogen and oxygen atoms in total. The van der Waals surface area contributed by atoms with E-state index in [9.17, 15) is 4.79 Å². The molecule has 1 amide bonds. The Bertz CT molecular complexity index is 767. The number of aromatic amines is 1. The van der Waals surface area contributed by atoms with Gasteiger partial charge in [-0.1, -0.05) is 0 Å². The van der Waals surface area contributed by atoms with Gasteiger partial charge in [-0.05, 0) is 49.9 Å².